The second-order valence-corrected chi connectivity index (χ2v) is 5.69. The molecule has 0 amide bonds. The number of alkyl halides is 4. The van der Waals surface area contributed by atoms with E-state index in [1.165, 1.54) is 0 Å². The Kier molecular flexibility index (Phi) is 14.4. The van der Waals surface area contributed by atoms with E-state index >= 15 is 0 Å². The van der Waals surface area contributed by atoms with E-state index in [2.05, 4.69) is 0 Å². The van der Waals surface area contributed by atoms with Crippen LogP contribution in [0.25, 0.3) is 0 Å². The molecule has 0 fully saturated rings. The van der Waals surface area contributed by atoms with Crippen LogP contribution in [0.2, 0.25) is 0 Å². The standard InChI is InChI=1S/C12H22Cl4O/c13-5-1-11(2-6-14)9-17-10-12(3-7-15)4-8-16/h11-12H,1-10H2. The van der Waals surface area contributed by atoms with Gasteiger partial charge < -0.3 is 4.74 Å². The molecule has 0 rings (SSSR count). The highest BCUT2D eigenvalue weighted by Gasteiger charge is 2.11. The van der Waals surface area contributed by atoms with E-state index in [0.29, 0.717) is 35.4 Å². The molecular weight excluding hydrogens is 302 g/mol. The molecule has 0 spiro atoms. The smallest absolute Gasteiger partial charge is 0.0495 e. The van der Waals surface area contributed by atoms with Crippen LogP contribution in [0, 0.1) is 11.8 Å². The number of ether oxygens (including phenoxy) is 1. The lowest BCUT2D eigenvalue weighted by molar-refractivity contribution is 0.0676. The second kappa shape index (κ2) is 13.5. The lowest BCUT2D eigenvalue weighted by Crippen LogP contribution is -2.17. The first-order valence-electron chi connectivity index (χ1n) is 6.10. The predicted molar refractivity (Wildman–Crippen MR) is 79.1 cm³/mol. The van der Waals surface area contributed by atoms with Crippen molar-refractivity contribution >= 4 is 46.4 Å². The summed E-state index contributed by atoms with van der Waals surface area (Å²) >= 11 is 23.0. The fourth-order valence-corrected chi connectivity index (χ4v) is 2.88. The first-order valence-corrected chi connectivity index (χ1v) is 8.23. The third kappa shape index (κ3) is 10.7. The molecule has 0 heterocycles. The fraction of sp³-hybridized carbons (Fsp3) is 1.00. The van der Waals surface area contributed by atoms with Crippen molar-refractivity contribution in [3.05, 3.63) is 0 Å². The van der Waals surface area contributed by atoms with E-state index in [1.807, 2.05) is 0 Å². The van der Waals surface area contributed by atoms with Crippen molar-refractivity contribution < 1.29 is 4.74 Å². The Bertz CT molecular complexity index is 129. The van der Waals surface area contributed by atoms with E-state index in [1.54, 1.807) is 0 Å². The van der Waals surface area contributed by atoms with Crippen molar-refractivity contribution in [3.63, 3.8) is 0 Å². The molecule has 1 nitrogen and oxygen atoms in total. The average Bonchev–Trinajstić information content (AvgIpc) is 2.30. The van der Waals surface area contributed by atoms with Gasteiger partial charge in [-0.15, -0.1) is 46.4 Å². The van der Waals surface area contributed by atoms with Crippen LogP contribution in [-0.4, -0.2) is 36.7 Å². The molecule has 0 saturated carbocycles. The van der Waals surface area contributed by atoms with E-state index < -0.39 is 0 Å². The first kappa shape index (κ1) is 18.1. The minimum atomic E-state index is 0.470. The third-order valence-corrected chi connectivity index (χ3v) is 3.65. The highest BCUT2D eigenvalue weighted by atomic mass is 35.5. The Labute approximate surface area is 125 Å². The van der Waals surface area contributed by atoms with E-state index in [9.17, 15) is 0 Å². The first-order chi connectivity index (χ1) is 8.28. The number of rotatable bonds is 12. The zero-order valence-corrected chi connectivity index (χ0v) is 13.2. The molecule has 0 N–H and O–H groups in total. The van der Waals surface area contributed by atoms with E-state index in [-0.39, 0.29) is 0 Å². The molecular formula is C12H22Cl4O. The van der Waals surface area contributed by atoms with Crippen molar-refractivity contribution in [1.82, 2.24) is 0 Å². The van der Waals surface area contributed by atoms with Crippen LogP contribution in [0.1, 0.15) is 25.7 Å². The summed E-state index contributed by atoms with van der Waals surface area (Å²) < 4.78 is 5.73. The largest absolute Gasteiger partial charge is 0.381 e. The van der Waals surface area contributed by atoms with E-state index in [4.69, 9.17) is 51.1 Å². The third-order valence-electron chi connectivity index (χ3n) is 2.78. The van der Waals surface area contributed by atoms with Crippen molar-refractivity contribution in [1.29, 1.82) is 0 Å². The summed E-state index contributed by atoms with van der Waals surface area (Å²) in [5.74, 6) is 3.60. The lowest BCUT2D eigenvalue weighted by Gasteiger charge is -2.18. The van der Waals surface area contributed by atoms with Gasteiger partial charge in [0.25, 0.3) is 0 Å². The molecule has 0 saturated heterocycles. The topological polar surface area (TPSA) is 9.23 Å². The SMILES string of the molecule is ClCCC(CCCl)COCC(CCCl)CCCl. The molecule has 0 aromatic heterocycles. The zero-order valence-electron chi connectivity index (χ0n) is 10.1. The van der Waals surface area contributed by atoms with Crippen molar-refractivity contribution in [2.45, 2.75) is 25.7 Å². The number of halogens is 4. The Morgan fingerprint density at radius 3 is 1.12 bits per heavy atom. The summed E-state index contributed by atoms with van der Waals surface area (Å²) in [4.78, 5) is 0. The monoisotopic (exact) mass is 322 g/mol. The quantitative estimate of drug-likeness (QED) is 0.471. The molecule has 0 aliphatic rings. The van der Waals surface area contributed by atoms with Gasteiger partial charge in [-0.3, -0.25) is 0 Å². The van der Waals surface area contributed by atoms with Crippen LogP contribution in [0.3, 0.4) is 0 Å². The maximum atomic E-state index is 5.74. The normalized spacial score (nSPS) is 11.6. The van der Waals surface area contributed by atoms with Gasteiger partial charge in [-0.25, -0.2) is 0 Å². The minimum absolute atomic E-state index is 0.470. The molecule has 0 unspecified atom stereocenters. The Balaban J connectivity index is 3.73. The van der Waals surface area contributed by atoms with Gasteiger partial charge in [0.1, 0.15) is 0 Å². The summed E-state index contributed by atoms with van der Waals surface area (Å²) in [6, 6.07) is 0. The summed E-state index contributed by atoms with van der Waals surface area (Å²) in [5.41, 5.74) is 0. The lowest BCUT2D eigenvalue weighted by atomic mass is 10.0. The predicted octanol–water partition coefficient (Wildman–Crippen LogP) is 4.75. The van der Waals surface area contributed by atoms with Crippen molar-refractivity contribution in [3.8, 4) is 0 Å². The Morgan fingerprint density at radius 2 is 0.882 bits per heavy atom. The highest BCUT2D eigenvalue weighted by molar-refractivity contribution is 6.18. The fourth-order valence-electron chi connectivity index (χ4n) is 1.64. The molecule has 0 radical (unpaired) electrons. The van der Waals surface area contributed by atoms with Gasteiger partial charge in [-0.2, -0.15) is 0 Å². The second-order valence-electron chi connectivity index (χ2n) is 4.18. The van der Waals surface area contributed by atoms with Crippen LogP contribution < -0.4 is 0 Å². The molecule has 104 valence electrons. The van der Waals surface area contributed by atoms with Crippen molar-refractivity contribution in [2.75, 3.05) is 36.7 Å². The van der Waals surface area contributed by atoms with Crippen LogP contribution in [0.15, 0.2) is 0 Å². The van der Waals surface area contributed by atoms with Gasteiger partial charge in [0.05, 0.1) is 0 Å². The maximum Gasteiger partial charge on any atom is 0.0495 e. The Hall–Kier alpha value is 1.12. The van der Waals surface area contributed by atoms with Crippen LogP contribution in [0.5, 0.6) is 0 Å². The minimum Gasteiger partial charge on any atom is -0.381 e. The van der Waals surface area contributed by atoms with Gasteiger partial charge >= 0.3 is 0 Å². The summed E-state index contributed by atoms with van der Waals surface area (Å²) in [6.45, 7) is 1.47. The van der Waals surface area contributed by atoms with Gasteiger partial charge in [0, 0.05) is 36.7 Å². The molecule has 0 aliphatic heterocycles. The molecule has 5 heteroatoms. The van der Waals surface area contributed by atoms with Crippen molar-refractivity contribution in [2.24, 2.45) is 11.8 Å². The molecule has 0 atom stereocenters. The molecule has 0 aromatic rings. The van der Waals surface area contributed by atoms with Gasteiger partial charge in [0.2, 0.25) is 0 Å². The maximum absolute atomic E-state index is 5.74. The summed E-state index contributed by atoms with van der Waals surface area (Å²) in [5, 5.41) is 0. The number of hydrogen-bond acceptors (Lipinski definition) is 1. The molecule has 17 heavy (non-hydrogen) atoms. The Morgan fingerprint density at radius 1 is 0.588 bits per heavy atom. The van der Waals surface area contributed by atoms with Gasteiger partial charge in [-0.1, -0.05) is 0 Å². The molecule has 0 aromatic carbocycles. The molecule has 0 aliphatic carbocycles. The van der Waals surface area contributed by atoms with E-state index in [0.717, 1.165) is 38.9 Å². The highest BCUT2D eigenvalue weighted by Crippen LogP contribution is 2.15. The number of hydrogen-bond donors (Lipinski definition) is 0. The zero-order chi connectivity index (χ0) is 12.9. The van der Waals surface area contributed by atoms with Gasteiger partial charge in [-0.05, 0) is 37.5 Å². The van der Waals surface area contributed by atoms with Gasteiger partial charge in [0.15, 0.2) is 0 Å². The van der Waals surface area contributed by atoms with Crippen LogP contribution in [0.4, 0.5) is 0 Å². The van der Waals surface area contributed by atoms with Crippen LogP contribution in [-0.2, 0) is 4.74 Å². The average molecular weight is 324 g/mol. The van der Waals surface area contributed by atoms with Crippen LogP contribution >= 0.6 is 46.4 Å². The summed E-state index contributed by atoms with van der Waals surface area (Å²) in [6.07, 6.45) is 3.85. The molecule has 0 bridgehead atoms. The summed E-state index contributed by atoms with van der Waals surface area (Å²) in [7, 11) is 0.